The van der Waals surface area contributed by atoms with Crippen LogP contribution in [0.5, 0.6) is 0 Å². The molecule has 5 atom stereocenters. The molecule has 2 N–H and O–H groups in total. The standard InChI is InChI=1S/C22H27ClN2O5/c1-3-13-5-10-16-18(17(13)22(29)30-4-2)21(28)25(11-12-26)19(16)20(27)24-15-8-6-14(23)7-9-15/h5-10,13,16-19,26H,3-4,11-12H2,1-2H3,(H,24,27)/t13-,16+,17-,18-,19+/m1/s1. The van der Waals surface area contributed by atoms with Crippen molar-refractivity contribution in [3.8, 4) is 0 Å². The van der Waals surface area contributed by atoms with Crippen LogP contribution in [0, 0.1) is 23.7 Å². The molecule has 0 bridgehead atoms. The van der Waals surface area contributed by atoms with Crippen LogP contribution in [0.15, 0.2) is 36.4 Å². The van der Waals surface area contributed by atoms with Gasteiger partial charge in [0, 0.05) is 23.2 Å². The molecule has 2 amide bonds. The topological polar surface area (TPSA) is 95.9 Å². The molecule has 8 heteroatoms. The van der Waals surface area contributed by atoms with E-state index in [1.807, 2.05) is 19.1 Å². The molecule has 0 unspecified atom stereocenters. The second-order valence-corrected chi connectivity index (χ2v) is 7.97. The number of carbonyl (C=O) groups is 3. The van der Waals surface area contributed by atoms with Crippen LogP contribution in [0.4, 0.5) is 5.69 Å². The van der Waals surface area contributed by atoms with E-state index in [1.54, 1.807) is 31.2 Å². The van der Waals surface area contributed by atoms with Gasteiger partial charge in [-0.1, -0.05) is 30.7 Å². The Morgan fingerprint density at radius 1 is 1.20 bits per heavy atom. The maximum Gasteiger partial charge on any atom is 0.310 e. The smallest absolute Gasteiger partial charge is 0.310 e. The molecule has 1 saturated heterocycles. The van der Waals surface area contributed by atoms with E-state index >= 15 is 0 Å². The summed E-state index contributed by atoms with van der Waals surface area (Å²) in [5.41, 5.74) is 0.553. The second-order valence-electron chi connectivity index (χ2n) is 7.53. The van der Waals surface area contributed by atoms with E-state index in [0.29, 0.717) is 17.1 Å². The number of aliphatic hydroxyl groups excluding tert-OH is 1. The first kappa shape index (κ1) is 22.3. The van der Waals surface area contributed by atoms with E-state index < -0.39 is 29.8 Å². The predicted octanol–water partition coefficient (Wildman–Crippen LogP) is 2.49. The first-order valence-electron chi connectivity index (χ1n) is 10.3. The van der Waals surface area contributed by atoms with Crippen LogP contribution < -0.4 is 5.32 Å². The van der Waals surface area contributed by atoms with Crippen molar-refractivity contribution in [1.29, 1.82) is 0 Å². The summed E-state index contributed by atoms with van der Waals surface area (Å²) in [6.07, 6.45) is 4.47. The van der Waals surface area contributed by atoms with Crippen molar-refractivity contribution < 1.29 is 24.2 Å². The number of nitrogens with zero attached hydrogens (tertiary/aromatic N) is 1. The lowest BCUT2D eigenvalue weighted by molar-refractivity contribution is -0.155. The number of rotatable bonds is 7. The molecule has 30 heavy (non-hydrogen) atoms. The number of aliphatic hydroxyl groups is 1. The van der Waals surface area contributed by atoms with Gasteiger partial charge in [0.05, 0.1) is 25.0 Å². The Balaban J connectivity index is 1.94. The quantitative estimate of drug-likeness (QED) is 0.507. The summed E-state index contributed by atoms with van der Waals surface area (Å²) in [5, 5.41) is 12.9. The summed E-state index contributed by atoms with van der Waals surface area (Å²) in [4.78, 5) is 40.6. The molecule has 7 nitrogen and oxygen atoms in total. The van der Waals surface area contributed by atoms with Crippen molar-refractivity contribution in [2.45, 2.75) is 26.3 Å². The monoisotopic (exact) mass is 434 g/mol. The molecule has 0 saturated carbocycles. The van der Waals surface area contributed by atoms with E-state index in [9.17, 15) is 19.5 Å². The van der Waals surface area contributed by atoms with E-state index in [2.05, 4.69) is 5.32 Å². The van der Waals surface area contributed by atoms with Gasteiger partial charge < -0.3 is 20.1 Å². The molecule has 1 heterocycles. The number of esters is 1. The van der Waals surface area contributed by atoms with Gasteiger partial charge in [0.15, 0.2) is 0 Å². The molecule has 0 spiro atoms. The number of amides is 2. The number of nitrogens with one attached hydrogen (secondary N) is 1. The zero-order chi connectivity index (χ0) is 21.8. The number of hydrogen-bond donors (Lipinski definition) is 2. The number of benzene rings is 1. The highest BCUT2D eigenvalue weighted by atomic mass is 35.5. The summed E-state index contributed by atoms with van der Waals surface area (Å²) >= 11 is 5.90. The number of likely N-dealkylation sites (tertiary alicyclic amines) is 1. The molecule has 1 aliphatic carbocycles. The van der Waals surface area contributed by atoms with Gasteiger partial charge in [0.2, 0.25) is 11.8 Å². The molecule has 0 aromatic heterocycles. The summed E-state index contributed by atoms with van der Waals surface area (Å²) in [5.74, 6) is -3.03. The number of halogens is 1. The van der Waals surface area contributed by atoms with Crippen LogP contribution in [-0.4, -0.2) is 53.6 Å². The number of ether oxygens (including phenoxy) is 1. The molecule has 2 aliphatic rings. The van der Waals surface area contributed by atoms with Crippen LogP contribution >= 0.6 is 11.6 Å². The van der Waals surface area contributed by atoms with Gasteiger partial charge in [-0.05, 0) is 43.5 Å². The van der Waals surface area contributed by atoms with Crippen molar-refractivity contribution in [2.24, 2.45) is 23.7 Å². The molecule has 1 aromatic carbocycles. The van der Waals surface area contributed by atoms with Crippen LogP contribution in [-0.2, 0) is 19.1 Å². The Hall–Kier alpha value is -2.38. The van der Waals surface area contributed by atoms with Gasteiger partial charge in [0.25, 0.3) is 0 Å². The van der Waals surface area contributed by atoms with E-state index in [1.165, 1.54) is 4.90 Å². The average molecular weight is 435 g/mol. The molecule has 0 radical (unpaired) electrons. The van der Waals surface area contributed by atoms with Crippen molar-refractivity contribution >= 4 is 35.1 Å². The highest BCUT2D eigenvalue weighted by molar-refractivity contribution is 6.30. The normalized spacial score (nSPS) is 27.7. The largest absolute Gasteiger partial charge is 0.466 e. The van der Waals surface area contributed by atoms with Gasteiger partial charge in [-0.25, -0.2) is 0 Å². The Kier molecular flexibility index (Phi) is 7.15. The Morgan fingerprint density at radius 2 is 1.90 bits per heavy atom. The third-order valence-corrected chi connectivity index (χ3v) is 6.12. The maximum absolute atomic E-state index is 13.3. The zero-order valence-corrected chi connectivity index (χ0v) is 17.8. The highest BCUT2D eigenvalue weighted by Crippen LogP contribution is 2.45. The number of allylic oxidation sites excluding steroid dienone is 1. The summed E-state index contributed by atoms with van der Waals surface area (Å²) in [7, 11) is 0. The van der Waals surface area contributed by atoms with Crippen molar-refractivity contribution in [3.05, 3.63) is 41.4 Å². The summed E-state index contributed by atoms with van der Waals surface area (Å²) in [6.45, 7) is 3.65. The van der Waals surface area contributed by atoms with Gasteiger partial charge in [-0.3, -0.25) is 14.4 Å². The first-order chi connectivity index (χ1) is 14.4. The Morgan fingerprint density at radius 3 is 2.50 bits per heavy atom. The Bertz CT molecular complexity index is 825. The fraction of sp³-hybridized carbons (Fsp3) is 0.500. The molecule has 3 rings (SSSR count). The molecule has 1 fully saturated rings. The minimum atomic E-state index is -0.823. The fourth-order valence-corrected chi connectivity index (χ4v) is 4.67. The molecule has 1 aliphatic heterocycles. The fourth-order valence-electron chi connectivity index (χ4n) is 4.55. The molecule has 1 aromatic rings. The lowest BCUT2D eigenvalue weighted by Crippen LogP contribution is -2.45. The number of carbonyl (C=O) groups excluding carboxylic acids is 3. The summed E-state index contributed by atoms with van der Waals surface area (Å²) in [6, 6.07) is 5.85. The van der Waals surface area contributed by atoms with Crippen LogP contribution in [0.3, 0.4) is 0 Å². The molecule has 162 valence electrons. The zero-order valence-electron chi connectivity index (χ0n) is 17.1. The molecular weight excluding hydrogens is 408 g/mol. The first-order valence-corrected chi connectivity index (χ1v) is 10.6. The van der Waals surface area contributed by atoms with Crippen LogP contribution in [0.2, 0.25) is 5.02 Å². The van der Waals surface area contributed by atoms with Crippen molar-refractivity contribution in [3.63, 3.8) is 0 Å². The third-order valence-electron chi connectivity index (χ3n) is 5.86. The van der Waals surface area contributed by atoms with E-state index in [0.717, 1.165) is 0 Å². The maximum atomic E-state index is 13.3. The third kappa shape index (κ3) is 4.23. The van der Waals surface area contributed by atoms with Gasteiger partial charge in [-0.2, -0.15) is 0 Å². The SMILES string of the molecule is CCOC(=O)[C@H]1[C@@H]2C(=O)N(CCO)[C@H](C(=O)Nc3ccc(Cl)cc3)[C@H]2C=C[C@H]1CC. The van der Waals surface area contributed by atoms with Crippen LogP contribution in [0.25, 0.3) is 0 Å². The van der Waals surface area contributed by atoms with Gasteiger partial charge >= 0.3 is 5.97 Å². The number of fused-ring (bicyclic) bond motifs is 1. The number of anilines is 1. The minimum absolute atomic E-state index is 0.0186. The number of β-amino-alcohol motifs (C(OH)–C–C–N with tert-alkyl or cyclic N) is 1. The van der Waals surface area contributed by atoms with Crippen LogP contribution in [0.1, 0.15) is 20.3 Å². The predicted molar refractivity (Wildman–Crippen MR) is 113 cm³/mol. The second kappa shape index (κ2) is 9.62. The van der Waals surface area contributed by atoms with Crippen molar-refractivity contribution in [1.82, 2.24) is 4.90 Å². The Labute approximate surface area is 181 Å². The summed E-state index contributed by atoms with van der Waals surface area (Å²) < 4.78 is 5.26. The van der Waals surface area contributed by atoms with E-state index in [4.69, 9.17) is 16.3 Å². The van der Waals surface area contributed by atoms with Gasteiger partial charge in [-0.15, -0.1) is 0 Å². The molecular formula is C22H27ClN2O5. The number of hydrogen-bond acceptors (Lipinski definition) is 5. The minimum Gasteiger partial charge on any atom is -0.466 e. The highest BCUT2D eigenvalue weighted by Gasteiger charge is 2.57. The average Bonchev–Trinajstić information content (AvgIpc) is 3.01. The lowest BCUT2D eigenvalue weighted by Gasteiger charge is -2.33. The van der Waals surface area contributed by atoms with Gasteiger partial charge in [0.1, 0.15) is 6.04 Å². The lowest BCUT2D eigenvalue weighted by atomic mass is 9.69. The van der Waals surface area contributed by atoms with Crippen molar-refractivity contribution in [2.75, 3.05) is 25.1 Å². The van der Waals surface area contributed by atoms with E-state index in [-0.39, 0.29) is 37.5 Å².